The van der Waals surface area contributed by atoms with Gasteiger partial charge in [-0.3, -0.25) is 14.3 Å². The summed E-state index contributed by atoms with van der Waals surface area (Å²) in [7, 11) is 3.52. The molecule has 2 amide bonds. The summed E-state index contributed by atoms with van der Waals surface area (Å²) in [5.74, 6) is -1.90. The maximum atomic E-state index is 16.1. The zero-order chi connectivity index (χ0) is 35.1. The third-order valence-corrected chi connectivity index (χ3v) is 10.1. The molecule has 50 heavy (non-hydrogen) atoms. The number of likely N-dealkylation sites (tertiary alicyclic amines) is 1. The molecule has 5 aromatic rings. The van der Waals surface area contributed by atoms with Gasteiger partial charge < -0.3 is 24.6 Å². The van der Waals surface area contributed by atoms with Crippen LogP contribution in [0.2, 0.25) is 0 Å². The second-order valence-electron chi connectivity index (χ2n) is 12.5. The van der Waals surface area contributed by atoms with E-state index in [1.807, 2.05) is 48.3 Å². The molecule has 3 aromatic heterocycles. The maximum absolute atomic E-state index is 16.1. The van der Waals surface area contributed by atoms with Crippen LogP contribution in [0.4, 0.5) is 8.78 Å². The van der Waals surface area contributed by atoms with Crippen LogP contribution in [0.1, 0.15) is 29.0 Å². The van der Waals surface area contributed by atoms with Crippen molar-refractivity contribution < 1.29 is 27.8 Å². The number of pyridine rings is 1. The van der Waals surface area contributed by atoms with Gasteiger partial charge in [-0.2, -0.15) is 5.10 Å². The van der Waals surface area contributed by atoms with Crippen molar-refractivity contribution in [1.29, 1.82) is 0 Å². The number of carbonyl (C=O) groups excluding carboxylic acids is 2. The van der Waals surface area contributed by atoms with Crippen LogP contribution in [0.15, 0.2) is 66.6 Å². The Hall–Kier alpha value is -4.98. The van der Waals surface area contributed by atoms with Crippen molar-refractivity contribution in [2.75, 3.05) is 47.0 Å². The zero-order valence-electron chi connectivity index (χ0n) is 27.9. The predicted molar refractivity (Wildman–Crippen MR) is 188 cm³/mol. The Labute approximate surface area is 291 Å². The van der Waals surface area contributed by atoms with Gasteiger partial charge in [0.05, 0.1) is 42.2 Å². The van der Waals surface area contributed by atoms with E-state index in [0.717, 1.165) is 41.9 Å². The minimum absolute atomic E-state index is 0.0122. The molecular formula is C37H36F2N6O4S. The van der Waals surface area contributed by atoms with Gasteiger partial charge in [0.2, 0.25) is 5.91 Å². The number of thiophene rings is 1. The van der Waals surface area contributed by atoms with Crippen LogP contribution in [0.25, 0.3) is 43.9 Å². The van der Waals surface area contributed by atoms with Crippen LogP contribution in [0.3, 0.4) is 0 Å². The van der Waals surface area contributed by atoms with Crippen molar-refractivity contribution in [3.63, 3.8) is 0 Å². The van der Waals surface area contributed by atoms with E-state index in [0.29, 0.717) is 46.0 Å². The molecule has 5 heterocycles. The Bertz CT molecular complexity index is 2110. The zero-order valence-corrected chi connectivity index (χ0v) is 28.7. The Balaban J connectivity index is 1.39. The van der Waals surface area contributed by atoms with Crippen molar-refractivity contribution in [3.8, 4) is 39.5 Å². The minimum atomic E-state index is -0.809. The van der Waals surface area contributed by atoms with E-state index in [1.54, 1.807) is 17.0 Å². The molecular weight excluding hydrogens is 663 g/mol. The van der Waals surface area contributed by atoms with Gasteiger partial charge in [-0.15, -0.1) is 11.3 Å². The summed E-state index contributed by atoms with van der Waals surface area (Å²) in [6.45, 7) is 8.36. The number of ether oxygens (including phenoxy) is 2. The average molecular weight is 699 g/mol. The van der Waals surface area contributed by atoms with Gasteiger partial charge in [-0.25, -0.2) is 13.8 Å². The Kier molecular flexibility index (Phi) is 9.21. The molecule has 2 aliphatic heterocycles. The summed E-state index contributed by atoms with van der Waals surface area (Å²) in [5.41, 5.74) is 3.96. The average Bonchev–Trinajstić information content (AvgIpc) is 3.76. The molecule has 10 nitrogen and oxygen atoms in total. The van der Waals surface area contributed by atoms with Crippen molar-refractivity contribution in [2.45, 2.75) is 25.6 Å². The molecule has 0 unspecified atom stereocenters. The first kappa shape index (κ1) is 33.5. The number of hydrogen-bond donors (Lipinski definition) is 1. The molecule has 0 saturated carbocycles. The molecule has 1 saturated heterocycles. The normalized spacial score (nSPS) is 16.3. The fraction of sp³-hybridized carbons (Fsp3) is 0.297. The number of amides is 2. The Morgan fingerprint density at radius 3 is 2.56 bits per heavy atom. The number of aromatic nitrogens is 3. The highest BCUT2D eigenvalue weighted by molar-refractivity contribution is 7.18. The van der Waals surface area contributed by atoms with E-state index in [9.17, 15) is 14.0 Å². The Morgan fingerprint density at radius 1 is 1.06 bits per heavy atom. The summed E-state index contributed by atoms with van der Waals surface area (Å²) >= 11 is 1.40. The summed E-state index contributed by atoms with van der Waals surface area (Å²) in [6, 6.07) is 12.8. The van der Waals surface area contributed by atoms with Crippen molar-refractivity contribution in [1.82, 2.24) is 29.9 Å². The number of rotatable bonds is 10. The number of benzene rings is 2. The lowest BCUT2D eigenvalue weighted by Crippen LogP contribution is -2.57. The molecule has 2 aromatic carbocycles. The lowest BCUT2D eigenvalue weighted by Gasteiger charge is -2.36. The molecule has 13 heteroatoms. The van der Waals surface area contributed by atoms with Crippen LogP contribution in [-0.2, 0) is 16.1 Å². The highest BCUT2D eigenvalue weighted by Crippen LogP contribution is 2.47. The molecule has 7 rings (SSSR count). The largest absolute Gasteiger partial charge is 0.490 e. The van der Waals surface area contributed by atoms with E-state index >= 15 is 4.39 Å². The molecule has 0 aliphatic carbocycles. The van der Waals surface area contributed by atoms with E-state index in [1.165, 1.54) is 24.5 Å². The first-order valence-corrected chi connectivity index (χ1v) is 17.2. The van der Waals surface area contributed by atoms with Crippen molar-refractivity contribution in [2.24, 2.45) is 0 Å². The first-order chi connectivity index (χ1) is 24.2. The van der Waals surface area contributed by atoms with Gasteiger partial charge in [-0.1, -0.05) is 18.7 Å². The Morgan fingerprint density at radius 2 is 1.84 bits per heavy atom. The summed E-state index contributed by atoms with van der Waals surface area (Å²) in [4.78, 5) is 34.6. The molecule has 1 atom stereocenters. The standard InChI is InChI=1S/C37H36F2N6O4S/c1-5-31(46)44-11-12-45-29(21(44)2)18-28(42-45)35-33(32-27(39)16-24(38)17-30(32)49-14-13-48-4)36-26(10-15-50-36)34(41-35)22-6-8-23(9-7-22)37(47)40-25-19-43(3)20-25/h5-10,15-18,21,25H,1,11-14,19-20H2,2-4H3,(H,40,47)/t21-/m1/s1. The predicted octanol–water partition coefficient (Wildman–Crippen LogP) is 5.93. The van der Waals surface area contributed by atoms with E-state index in [2.05, 4.69) is 16.8 Å². The second kappa shape index (κ2) is 13.7. The summed E-state index contributed by atoms with van der Waals surface area (Å²) in [5, 5.41) is 10.6. The van der Waals surface area contributed by atoms with Crippen LogP contribution in [0.5, 0.6) is 5.75 Å². The monoisotopic (exact) mass is 698 g/mol. The number of hydrogen-bond acceptors (Lipinski definition) is 8. The van der Waals surface area contributed by atoms with Gasteiger partial charge in [0.15, 0.2) is 0 Å². The van der Waals surface area contributed by atoms with Crippen molar-refractivity contribution >= 4 is 33.2 Å². The molecule has 2 aliphatic rings. The lowest BCUT2D eigenvalue weighted by atomic mass is 9.96. The molecule has 0 radical (unpaired) electrons. The second-order valence-corrected chi connectivity index (χ2v) is 13.4. The van der Waals surface area contributed by atoms with Crippen LogP contribution in [0, 0.1) is 11.6 Å². The molecule has 0 bridgehead atoms. The summed E-state index contributed by atoms with van der Waals surface area (Å²) in [6.07, 6.45) is 1.30. The maximum Gasteiger partial charge on any atom is 0.251 e. The first-order valence-electron chi connectivity index (χ1n) is 16.3. The number of methoxy groups -OCH3 is 1. The third kappa shape index (κ3) is 6.16. The number of nitrogens with zero attached hydrogens (tertiary/aromatic N) is 5. The highest BCUT2D eigenvalue weighted by atomic mass is 32.1. The van der Waals surface area contributed by atoms with Gasteiger partial charge in [0, 0.05) is 65.7 Å². The minimum Gasteiger partial charge on any atom is -0.490 e. The van der Waals surface area contributed by atoms with Gasteiger partial charge in [-0.05, 0) is 49.7 Å². The fourth-order valence-corrected chi connectivity index (χ4v) is 7.63. The third-order valence-electron chi connectivity index (χ3n) is 9.20. The fourth-order valence-electron chi connectivity index (χ4n) is 6.68. The number of fused-ring (bicyclic) bond motifs is 2. The number of likely N-dealkylation sites (N-methyl/N-ethyl adjacent to an activating group) is 1. The van der Waals surface area contributed by atoms with Crippen LogP contribution in [-0.4, -0.2) is 89.4 Å². The van der Waals surface area contributed by atoms with Crippen molar-refractivity contribution in [3.05, 3.63) is 89.5 Å². The van der Waals surface area contributed by atoms with Crippen LogP contribution >= 0.6 is 11.3 Å². The van der Waals surface area contributed by atoms with Gasteiger partial charge in [0.1, 0.15) is 35.4 Å². The lowest BCUT2D eigenvalue weighted by molar-refractivity contribution is -0.129. The quantitative estimate of drug-likeness (QED) is 0.143. The highest BCUT2D eigenvalue weighted by Gasteiger charge is 2.32. The number of carbonyl (C=O) groups is 2. The number of nitrogens with one attached hydrogen (secondary N) is 1. The molecule has 1 fully saturated rings. The smallest absolute Gasteiger partial charge is 0.251 e. The number of halogens is 2. The van der Waals surface area contributed by atoms with E-state index in [-0.39, 0.29) is 48.4 Å². The van der Waals surface area contributed by atoms with Gasteiger partial charge >= 0.3 is 0 Å². The topological polar surface area (TPSA) is 102 Å². The molecule has 258 valence electrons. The van der Waals surface area contributed by atoms with E-state index in [4.69, 9.17) is 19.6 Å². The summed E-state index contributed by atoms with van der Waals surface area (Å²) < 4.78 is 44.3. The van der Waals surface area contributed by atoms with E-state index < -0.39 is 11.6 Å². The SMILES string of the molecule is C=CC(=O)N1CCn2nc(-c3nc(-c4ccc(C(=O)NC5CN(C)C5)cc4)c4ccsc4c3-c3c(F)cc(F)cc3OCCOC)cc2[C@H]1C. The van der Waals surface area contributed by atoms with Gasteiger partial charge in [0.25, 0.3) is 5.91 Å². The molecule has 1 N–H and O–H groups in total. The molecule has 0 spiro atoms. The van der Waals surface area contributed by atoms with Crippen LogP contribution < -0.4 is 10.1 Å².